The van der Waals surface area contributed by atoms with Crippen molar-refractivity contribution in [3.05, 3.63) is 71.1 Å². The van der Waals surface area contributed by atoms with Crippen molar-refractivity contribution >= 4 is 18.1 Å². The fourth-order valence-electron chi connectivity index (χ4n) is 5.00. The number of pyridine rings is 1. The van der Waals surface area contributed by atoms with Crippen molar-refractivity contribution in [2.24, 2.45) is 5.92 Å². The average molecular weight is 492 g/mol. The highest BCUT2D eigenvalue weighted by molar-refractivity contribution is 5.87. The number of piperidine rings is 1. The van der Waals surface area contributed by atoms with Gasteiger partial charge in [-0.15, -0.1) is 0 Å². The van der Waals surface area contributed by atoms with Crippen molar-refractivity contribution in [1.29, 1.82) is 0 Å². The molecule has 1 saturated carbocycles. The second-order valence-corrected chi connectivity index (χ2v) is 10.9. The Bertz CT molecular complexity index is 1080. The van der Waals surface area contributed by atoms with Crippen LogP contribution in [0.4, 0.5) is 4.79 Å². The zero-order chi connectivity index (χ0) is 25.9. The van der Waals surface area contributed by atoms with E-state index in [0.29, 0.717) is 12.5 Å². The molecule has 7 heteroatoms. The molecule has 36 heavy (non-hydrogen) atoms. The van der Waals surface area contributed by atoms with E-state index in [0.717, 1.165) is 38.0 Å². The van der Waals surface area contributed by atoms with E-state index in [1.54, 1.807) is 12.1 Å². The van der Waals surface area contributed by atoms with Crippen molar-refractivity contribution in [3.63, 3.8) is 0 Å². The summed E-state index contributed by atoms with van der Waals surface area (Å²) in [6.07, 6.45) is 6.13. The molecule has 4 rings (SSSR count). The Morgan fingerprint density at radius 2 is 1.83 bits per heavy atom. The number of carboxylic acids is 1. The first-order valence-corrected chi connectivity index (χ1v) is 12.8. The summed E-state index contributed by atoms with van der Waals surface area (Å²) in [6, 6.07) is 14.0. The molecule has 1 amide bonds. The fraction of sp³-hybridized carbons (Fsp3) is 0.483. The van der Waals surface area contributed by atoms with Crippen LogP contribution in [0.2, 0.25) is 0 Å². The third-order valence-electron chi connectivity index (χ3n) is 6.90. The first-order valence-electron chi connectivity index (χ1n) is 12.8. The topological polar surface area (TPSA) is 83.0 Å². The van der Waals surface area contributed by atoms with Gasteiger partial charge in [0.1, 0.15) is 5.60 Å². The molecule has 2 aromatic rings. The van der Waals surface area contributed by atoms with Crippen molar-refractivity contribution < 1.29 is 19.4 Å². The summed E-state index contributed by atoms with van der Waals surface area (Å²) in [5, 5.41) is 9.07. The van der Waals surface area contributed by atoms with Crippen LogP contribution < -0.4 is 0 Å². The fourth-order valence-corrected chi connectivity index (χ4v) is 5.00. The Kier molecular flexibility index (Phi) is 7.79. The summed E-state index contributed by atoms with van der Waals surface area (Å²) in [4.78, 5) is 33.0. The lowest BCUT2D eigenvalue weighted by Crippen LogP contribution is -2.50. The summed E-state index contributed by atoms with van der Waals surface area (Å²) >= 11 is 0. The van der Waals surface area contributed by atoms with Gasteiger partial charge in [0.15, 0.2) is 0 Å². The Hall–Kier alpha value is -3.19. The third-order valence-corrected chi connectivity index (χ3v) is 6.90. The normalized spacial score (nSPS) is 21.2. The number of benzene rings is 1. The number of carbonyl (C=O) groups is 2. The van der Waals surface area contributed by atoms with Gasteiger partial charge in [-0.3, -0.25) is 9.88 Å². The highest BCUT2D eigenvalue weighted by Crippen LogP contribution is 2.44. The van der Waals surface area contributed by atoms with Gasteiger partial charge < -0.3 is 14.7 Å². The molecule has 2 aliphatic rings. The number of hydrogen-bond donors (Lipinski definition) is 1. The largest absolute Gasteiger partial charge is 0.478 e. The predicted molar refractivity (Wildman–Crippen MR) is 140 cm³/mol. The van der Waals surface area contributed by atoms with Gasteiger partial charge >= 0.3 is 12.1 Å². The van der Waals surface area contributed by atoms with Crippen molar-refractivity contribution in [2.75, 3.05) is 13.1 Å². The number of aromatic nitrogens is 1. The van der Waals surface area contributed by atoms with Crippen LogP contribution in [0.5, 0.6) is 0 Å². The predicted octanol–water partition coefficient (Wildman–Crippen LogP) is 5.47. The summed E-state index contributed by atoms with van der Waals surface area (Å²) < 4.78 is 5.85. The lowest BCUT2D eigenvalue weighted by atomic mass is 10.0. The second-order valence-electron chi connectivity index (χ2n) is 10.9. The van der Waals surface area contributed by atoms with E-state index in [1.165, 1.54) is 17.3 Å². The van der Waals surface area contributed by atoms with Gasteiger partial charge in [-0.25, -0.2) is 9.59 Å². The van der Waals surface area contributed by atoms with Crippen molar-refractivity contribution in [2.45, 2.75) is 71.2 Å². The molecule has 1 aromatic heterocycles. The second kappa shape index (κ2) is 10.8. The van der Waals surface area contributed by atoms with E-state index >= 15 is 0 Å². The van der Waals surface area contributed by atoms with Crippen LogP contribution in [0.15, 0.2) is 54.2 Å². The summed E-state index contributed by atoms with van der Waals surface area (Å²) in [5.41, 5.74) is 2.99. The van der Waals surface area contributed by atoms with Crippen LogP contribution in [0, 0.1) is 5.92 Å². The minimum Gasteiger partial charge on any atom is -0.478 e. The van der Waals surface area contributed by atoms with Gasteiger partial charge in [-0.05, 0) is 64.7 Å². The van der Waals surface area contributed by atoms with E-state index in [4.69, 9.17) is 9.84 Å². The first-order chi connectivity index (χ1) is 17.1. The Balaban J connectivity index is 1.41. The molecule has 0 radical (unpaired) electrons. The maximum Gasteiger partial charge on any atom is 0.410 e. The average Bonchev–Trinajstić information content (AvgIpc) is 3.61. The molecule has 1 unspecified atom stereocenters. The molecule has 1 aliphatic heterocycles. The van der Waals surface area contributed by atoms with Gasteiger partial charge in [-0.2, -0.15) is 0 Å². The highest BCUT2D eigenvalue weighted by atomic mass is 16.6. The van der Waals surface area contributed by atoms with Crippen LogP contribution in [-0.2, 0) is 11.3 Å². The van der Waals surface area contributed by atoms with Crippen LogP contribution >= 0.6 is 0 Å². The van der Waals surface area contributed by atoms with Crippen molar-refractivity contribution in [3.8, 4) is 0 Å². The molecule has 2 atom stereocenters. The molecule has 0 bridgehead atoms. The molecular weight excluding hydrogens is 454 g/mol. The van der Waals surface area contributed by atoms with Crippen LogP contribution in [0.25, 0.3) is 6.08 Å². The molecule has 1 aliphatic carbocycles. The standard InChI is InChI=1S/C29H37N3O4/c1-20(16-21-8-6-5-7-9-21)25-17-26(25)32(28(35)36-29(2,3)4)24-12-14-31(15-13-24)19-23-11-10-22(18-30-23)27(33)34/h5-11,16,18,24-26H,12-15,17,19H2,1-4H3,(H,33,34)/t25?,26-/m0/s1. The maximum atomic E-state index is 13.3. The van der Waals surface area contributed by atoms with E-state index < -0.39 is 11.6 Å². The number of ether oxygens (including phenoxy) is 1. The Morgan fingerprint density at radius 3 is 2.42 bits per heavy atom. The number of nitrogens with zero attached hydrogens (tertiary/aromatic N) is 3. The molecular formula is C29H37N3O4. The zero-order valence-corrected chi connectivity index (χ0v) is 21.7. The molecule has 2 heterocycles. The quantitative estimate of drug-likeness (QED) is 0.553. The summed E-state index contributed by atoms with van der Waals surface area (Å²) in [7, 11) is 0. The Morgan fingerprint density at radius 1 is 1.14 bits per heavy atom. The van der Waals surface area contributed by atoms with E-state index in [9.17, 15) is 9.59 Å². The minimum absolute atomic E-state index is 0.137. The van der Waals surface area contributed by atoms with Gasteiger partial charge in [0.05, 0.1) is 11.3 Å². The number of likely N-dealkylation sites (tertiary alicyclic amines) is 1. The van der Waals surface area contributed by atoms with E-state index in [-0.39, 0.29) is 23.7 Å². The number of hydrogen-bond acceptors (Lipinski definition) is 5. The van der Waals surface area contributed by atoms with Gasteiger partial charge in [0, 0.05) is 43.8 Å². The minimum atomic E-state index is -0.968. The lowest BCUT2D eigenvalue weighted by molar-refractivity contribution is 0.00437. The highest BCUT2D eigenvalue weighted by Gasteiger charge is 2.48. The number of carbonyl (C=O) groups excluding carboxylic acids is 1. The number of carboxylic acid groups (broad SMARTS) is 1. The molecule has 1 N–H and O–H groups in total. The number of aromatic carboxylic acids is 1. The SMILES string of the molecule is CC(=Cc1ccccc1)C1C[C@@H]1N(C(=O)OC(C)(C)C)C1CCN(Cc2ccc(C(=O)O)cn2)CC1. The van der Waals surface area contributed by atoms with Crippen molar-refractivity contribution in [1.82, 2.24) is 14.8 Å². The Labute approximate surface area is 213 Å². The monoisotopic (exact) mass is 491 g/mol. The van der Waals surface area contributed by atoms with Crippen LogP contribution in [0.1, 0.15) is 68.6 Å². The van der Waals surface area contributed by atoms with Crippen LogP contribution in [-0.4, -0.2) is 62.7 Å². The van der Waals surface area contributed by atoms with Gasteiger partial charge in [0.25, 0.3) is 0 Å². The maximum absolute atomic E-state index is 13.3. The van der Waals surface area contributed by atoms with E-state index in [1.807, 2.05) is 43.9 Å². The number of amides is 1. The van der Waals surface area contributed by atoms with Crippen LogP contribution in [0.3, 0.4) is 0 Å². The van der Waals surface area contributed by atoms with E-state index in [2.05, 4.69) is 35.0 Å². The smallest absolute Gasteiger partial charge is 0.410 e. The number of rotatable bonds is 7. The molecule has 7 nitrogen and oxygen atoms in total. The molecule has 0 spiro atoms. The van der Waals surface area contributed by atoms with Gasteiger partial charge in [0.2, 0.25) is 0 Å². The lowest BCUT2D eigenvalue weighted by Gasteiger charge is -2.39. The molecule has 1 aromatic carbocycles. The molecule has 1 saturated heterocycles. The third kappa shape index (κ3) is 6.72. The summed E-state index contributed by atoms with van der Waals surface area (Å²) in [5.74, 6) is -0.614. The molecule has 2 fully saturated rings. The van der Waals surface area contributed by atoms with Gasteiger partial charge in [-0.1, -0.05) is 42.0 Å². The zero-order valence-electron chi connectivity index (χ0n) is 21.7. The first kappa shape index (κ1) is 25.9. The summed E-state index contributed by atoms with van der Waals surface area (Å²) in [6.45, 7) is 10.3. The molecule has 192 valence electrons.